The smallest absolute Gasteiger partial charge is 0.319 e. The van der Waals surface area contributed by atoms with Crippen LogP contribution in [0.3, 0.4) is 0 Å². The molecule has 1 saturated heterocycles. The number of anilines is 1. The molecule has 7 heteroatoms. The van der Waals surface area contributed by atoms with Crippen molar-refractivity contribution < 1.29 is 14.3 Å². The number of nitrogens with one attached hydrogen (secondary N) is 2. The maximum Gasteiger partial charge on any atom is 0.319 e. The van der Waals surface area contributed by atoms with Crippen molar-refractivity contribution in [3.05, 3.63) is 60.2 Å². The lowest BCUT2D eigenvalue weighted by molar-refractivity contribution is -0.135. The van der Waals surface area contributed by atoms with Crippen LogP contribution >= 0.6 is 0 Å². The third-order valence-electron chi connectivity index (χ3n) is 5.44. The maximum absolute atomic E-state index is 13.1. The highest BCUT2D eigenvalue weighted by molar-refractivity contribution is 5.93. The first-order chi connectivity index (χ1) is 15.1. The molecule has 166 valence electrons. The largest absolute Gasteiger partial charge is 0.497 e. The Morgan fingerprint density at radius 2 is 1.77 bits per heavy atom. The molecule has 7 nitrogen and oxygen atoms in total. The third kappa shape index (κ3) is 6.72. The number of piperazine rings is 1. The molecule has 0 saturated carbocycles. The molecule has 1 aliphatic heterocycles. The van der Waals surface area contributed by atoms with E-state index in [1.54, 1.807) is 25.3 Å². The van der Waals surface area contributed by atoms with E-state index >= 15 is 0 Å². The second kappa shape index (κ2) is 11.4. The normalized spacial score (nSPS) is 15.2. The molecule has 3 amide bonds. The van der Waals surface area contributed by atoms with Crippen molar-refractivity contribution in [2.45, 2.75) is 32.4 Å². The second-order valence-corrected chi connectivity index (χ2v) is 7.76. The van der Waals surface area contributed by atoms with E-state index in [1.807, 2.05) is 36.1 Å². The summed E-state index contributed by atoms with van der Waals surface area (Å²) in [5.41, 5.74) is 1.90. The van der Waals surface area contributed by atoms with Gasteiger partial charge in [-0.3, -0.25) is 9.69 Å². The van der Waals surface area contributed by atoms with Crippen LogP contribution < -0.4 is 15.4 Å². The fourth-order valence-corrected chi connectivity index (χ4v) is 3.76. The molecule has 1 atom stereocenters. The SMILES string of the molecule is CCCC(NC(=O)Nc1cccc(OC)c1)C(=O)N1CCN(Cc2ccccc2)CC1. The van der Waals surface area contributed by atoms with Crippen molar-refractivity contribution in [2.75, 3.05) is 38.6 Å². The number of rotatable bonds is 8. The molecular weight excluding hydrogens is 392 g/mol. The lowest BCUT2D eigenvalue weighted by atomic mass is 10.1. The monoisotopic (exact) mass is 424 g/mol. The fourth-order valence-electron chi connectivity index (χ4n) is 3.76. The van der Waals surface area contributed by atoms with Crippen molar-refractivity contribution >= 4 is 17.6 Å². The molecule has 3 rings (SSSR count). The zero-order valence-corrected chi connectivity index (χ0v) is 18.3. The van der Waals surface area contributed by atoms with E-state index in [2.05, 4.69) is 27.7 Å². The quantitative estimate of drug-likeness (QED) is 0.682. The van der Waals surface area contributed by atoms with Crippen molar-refractivity contribution in [3.63, 3.8) is 0 Å². The first kappa shape index (κ1) is 22.6. The summed E-state index contributed by atoms with van der Waals surface area (Å²) in [5.74, 6) is 0.648. The molecule has 0 bridgehead atoms. The van der Waals surface area contributed by atoms with Gasteiger partial charge in [0.15, 0.2) is 0 Å². The molecule has 2 N–H and O–H groups in total. The van der Waals surface area contributed by atoms with Gasteiger partial charge in [-0.25, -0.2) is 4.79 Å². The summed E-state index contributed by atoms with van der Waals surface area (Å²) in [6.45, 7) is 5.91. The van der Waals surface area contributed by atoms with Gasteiger partial charge in [0.1, 0.15) is 11.8 Å². The van der Waals surface area contributed by atoms with Gasteiger partial charge in [-0.15, -0.1) is 0 Å². The minimum atomic E-state index is -0.531. The van der Waals surface area contributed by atoms with E-state index in [-0.39, 0.29) is 11.9 Å². The Kier molecular flexibility index (Phi) is 8.29. The zero-order chi connectivity index (χ0) is 22.1. The van der Waals surface area contributed by atoms with Crippen LogP contribution in [0.4, 0.5) is 10.5 Å². The van der Waals surface area contributed by atoms with E-state index < -0.39 is 6.04 Å². The van der Waals surface area contributed by atoms with E-state index in [0.29, 0.717) is 30.9 Å². The van der Waals surface area contributed by atoms with Gasteiger partial charge in [-0.05, 0) is 24.1 Å². The number of nitrogens with zero attached hydrogens (tertiary/aromatic N) is 2. The highest BCUT2D eigenvalue weighted by atomic mass is 16.5. The fraction of sp³-hybridized carbons (Fsp3) is 0.417. The van der Waals surface area contributed by atoms with Crippen LogP contribution in [-0.2, 0) is 11.3 Å². The van der Waals surface area contributed by atoms with Gasteiger partial charge in [0.2, 0.25) is 5.91 Å². The minimum absolute atomic E-state index is 0.0120. The highest BCUT2D eigenvalue weighted by Crippen LogP contribution is 2.17. The second-order valence-electron chi connectivity index (χ2n) is 7.76. The first-order valence-corrected chi connectivity index (χ1v) is 10.9. The number of carbonyl (C=O) groups is 2. The van der Waals surface area contributed by atoms with E-state index in [9.17, 15) is 9.59 Å². The molecule has 2 aromatic carbocycles. The number of urea groups is 1. The molecule has 1 unspecified atom stereocenters. The van der Waals surface area contributed by atoms with Gasteiger partial charge in [-0.1, -0.05) is 49.7 Å². The predicted octanol–water partition coefficient (Wildman–Crippen LogP) is 3.33. The third-order valence-corrected chi connectivity index (χ3v) is 5.44. The van der Waals surface area contributed by atoms with E-state index in [1.165, 1.54) is 5.56 Å². The summed E-state index contributed by atoms with van der Waals surface area (Å²) in [6, 6.07) is 16.6. The van der Waals surface area contributed by atoms with Crippen LogP contribution in [0, 0.1) is 0 Å². The summed E-state index contributed by atoms with van der Waals surface area (Å²) < 4.78 is 5.18. The number of amides is 3. The molecule has 2 aromatic rings. The first-order valence-electron chi connectivity index (χ1n) is 10.9. The molecule has 0 radical (unpaired) electrons. The Bertz CT molecular complexity index is 851. The lowest BCUT2D eigenvalue weighted by Crippen LogP contribution is -2.55. The number of carbonyl (C=O) groups excluding carboxylic acids is 2. The zero-order valence-electron chi connectivity index (χ0n) is 18.3. The van der Waals surface area contributed by atoms with Gasteiger partial charge in [0.05, 0.1) is 7.11 Å². The van der Waals surface area contributed by atoms with Gasteiger partial charge < -0.3 is 20.3 Å². The van der Waals surface area contributed by atoms with Gasteiger partial charge in [0.25, 0.3) is 0 Å². The van der Waals surface area contributed by atoms with Gasteiger partial charge in [-0.2, -0.15) is 0 Å². The van der Waals surface area contributed by atoms with Crippen molar-refractivity contribution in [3.8, 4) is 5.75 Å². The van der Waals surface area contributed by atoms with Crippen molar-refractivity contribution in [1.29, 1.82) is 0 Å². The summed E-state index contributed by atoms with van der Waals surface area (Å²) in [5, 5.41) is 5.65. The minimum Gasteiger partial charge on any atom is -0.497 e. The molecule has 0 aliphatic carbocycles. The number of hydrogen-bond acceptors (Lipinski definition) is 4. The Balaban J connectivity index is 1.52. The van der Waals surface area contributed by atoms with Crippen LogP contribution in [0.25, 0.3) is 0 Å². The Morgan fingerprint density at radius 1 is 1.03 bits per heavy atom. The van der Waals surface area contributed by atoms with Crippen LogP contribution in [0.1, 0.15) is 25.3 Å². The summed E-state index contributed by atoms with van der Waals surface area (Å²) in [7, 11) is 1.58. The summed E-state index contributed by atoms with van der Waals surface area (Å²) in [4.78, 5) is 29.8. The average molecular weight is 425 g/mol. The van der Waals surface area contributed by atoms with E-state index in [4.69, 9.17) is 4.74 Å². The van der Waals surface area contributed by atoms with E-state index in [0.717, 1.165) is 26.1 Å². The molecule has 1 fully saturated rings. The molecule has 1 aliphatic rings. The van der Waals surface area contributed by atoms with Crippen LogP contribution in [0.2, 0.25) is 0 Å². The molecule has 31 heavy (non-hydrogen) atoms. The maximum atomic E-state index is 13.1. The topological polar surface area (TPSA) is 73.9 Å². The van der Waals surface area contributed by atoms with Crippen molar-refractivity contribution in [1.82, 2.24) is 15.1 Å². The molecule has 0 aromatic heterocycles. The Hall–Kier alpha value is -3.06. The van der Waals surface area contributed by atoms with Gasteiger partial charge >= 0.3 is 6.03 Å². The number of methoxy groups -OCH3 is 1. The number of ether oxygens (including phenoxy) is 1. The molecule has 0 spiro atoms. The van der Waals surface area contributed by atoms with Crippen LogP contribution in [-0.4, -0.2) is 61.1 Å². The molecule has 1 heterocycles. The average Bonchev–Trinajstić information content (AvgIpc) is 2.79. The lowest BCUT2D eigenvalue weighted by Gasteiger charge is -2.36. The highest BCUT2D eigenvalue weighted by Gasteiger charge is 2.28. The van der Waals surface area contributed by atoms with Crippen LogP contribution in [0.5, 0.6) is 5.75 Å². The molecular formula is C24H32N4O3. The summed E-state index contributed by atoms with van der Waals surface area (Å²) in [6.07, 6.45) is 1.42. The van der Waals surface area contributed by atoms with Crippen molar-refractivity contribution in [2.24, 2.45) is 0 Å². The van der Waals surface area contributed by atoms with Crippen LogP contribution in [0.15, 0.2) is 54.6 Å². The number of benzene rings is 2. The summed E-state index contributed by atoms with van der Waals surface area (Å²) >= 11 is 0. The number of hydrogen-bond donors (Lipinski definition) is 2. The van der Waals surface area contributed by atoms with Gasteiger partial charge in [0, 0.05) is 44.5 Å². The Morgan fingerprint density at radius 3 is 2.45 bits per heavy atom. The standard InChI is InChI=1S/C24H32N4O3/c1-3-8-22(26-24(30)25-20-11-7-12-21(17-20)31-2)23(29)28-15-13-27(14-16-28)18-19-9-5-4-6-10-19/h4-7,9-12,17,22H,3,8,13-16,18H2,1-2H3,(H2,25,26,30). The Labute approximate surface area is 184 Å². The predicted molar refractivity (Wildman–Crippen MR) is 122 cm³/mol.